The summed E-state index contributed by atoms with van der Waals surface area (Å²) in [6.45, 7) is 2.01. The first-order valence-electron chi connectivity index (χ1n) is 7.92. The van der Waals surface area contributed by atoms with E-state index in [0.717, 1.165) is 23.1 Å². The number of hydrogen-bond acceptors (Lipinski definition) is 2. The van der Waals surface area contributed by atoms with Gasteiger partial charge in [0.05, 0.1) is 13.2 Å². The van der Waals surface area contributed by atoms with Crippen molar-refractivity contribution in [3.8, 4) is 11.8 Å². The van der Waals surface area contributed by atoms with Crippen LogP contribution in [0.15, 0.2) is 48.5 Å². The molecule has 0 saturated carbocycles. The lowest BCUT2D eigenvalue weighted by Crippen LogP contribution is -2.36. The third-order valence-corrected chi connectivity index (χ3v) is 4.00. The van der Waals surface area contributed by atoms with Gasteiger partial charge in [0.25, 0.3) is 0 Å². The van der Waals surface area contributed by atoms with E-state index in [4.69, 9.17) is 0 Å². The van der Waals surface area contributed by atoms with Crippen molar-refractivity contribution in [3.63, 3.8) is 0 Å². The Morgan fingerprint density at radius 2 is 1.42 bits per heavy atom. The van der Waals surface area contributed by atoms with Crippen molar-refractivity contribution >= 4 is 0 Å². The molecule has 2 nitrogen and oxygen atoms in total. The SMILES string of the molecule is CCc1ccc(C#Cc2ccc(C3COC(F)(F)OC3)cc2)cc1. The maximum Gasteiger partial charge on any atom is 0.485 e. The van der Waals surface area contributed by atoms with E-state index in [9.17, 15) is 8.78 Å². The smallest absolute Gasteiger partial charge is 0.295 e. The molecule has 0 spiro atoms. The van der Waals surface area contributed by atoms with Gasteiger partial charge in [0.15, 0.2) is 0 Å². The van der Waals surface area contributed by atoms with Crippen molar-refractivity contribution in [2.24, 2.45) is 0 Å². The third-order valence-electron chi connectivity index (χ3n) is 4.00. The number of rotatable bonds is 2. The maximum atomic E-state index is 12.8. The normalized spacial score (nSPS) is 17.1. The molecule has 3 rings (SSSR count). The van der Waals surface area contributed by atoms with E-state index >= 15 is 0 Å². The molecule has 24 heavy (non-hydrogen) atoms. The number of halogens is 2. The Morgan fingerprint density at radius 1 is 0.917 bits per heavy atom. The molecule has 2 aromatic rings. The van der Waals surface area contributed by atoms with Crippen LogP contribution in [0.1, 0.15) is 35.1 Å². The molecule has 0 radical (unpaired) electrons. The summed E-state index contributed by atoms with van der Waals surface area (Å²) >= 11 is 0. The zero-order valence-electron chi connectivity index (χ0n) is 13.4. The summed E-state index contributed by atoms with van der Waals surface area (Å²) in [5.74, 6) is 6.05. The largest absolute Gasteiger partial charge is 0.485 e. The Balaban J connectivity index is 1.66. The van der Waals surface area contributed by atoms with Crippen molar-refractivity contribution in [2.45, 2.75) is 25.6 Å². The fourth-order valence-corrected chi connectivity index (χ4v) is 2.48. The Morgan fingerprint density at radius 3 is 1.92 bits per heavy atom. The third kappa shape index (κ3) is 4.19. The van der Waals surface area contributed by atoms with Gasteiger partial charge in [-0.05, 0) is 41.8 Å². The average molecular weight is 328 g/mol. The molecule has 0 N–H and O–H groups in total. The van der Waals surface area contributed by atoms with E-state index in [1.54, 1.807) is 0 Å². The van der Waals surface area contributed by atoms with Crippen LogP contribution in [-0.2, 0) is 15.9 Å². The van der Waals surface area contributed by atoms with Crippen molar-refractivity contribution in [3.05, 3.63) is 70.8 Å². The van der Waals surface area contributed by atoms with E-state index < -0.39 is 6.29 Å². The molecule has 1 saturated heterocycles. The summed E-state index contributed by atoms with van der Waals surface area (Å²) in [7, 11) is 0. The van der Waals surface area contributed by atoms with Gasteiger partial charge in [0, 0.05) is 17.0 Å². The Kier molecular flexibility index (Phi) is 4.94. The van der Waals surface area contributed by atoms with E-state index in [1.165, 1.54) is 5.56 Å². The van der Waals surface area contributed by atoms with Crippen LogP contribution in [0.3, 0.4) is 0 Å². The van der Waals surface area contributed by atoms with Crippen LogP contribution in [0.2, 0.25) is 0 Å². The Labute approximate surface area is 140 Å². The summed E-state index contributed by atoms with van der Waals surface area (Å²) in [5, 5.41) is 0. The van der Waals surface area contributed by atoms with Gasteiger partial charge in [0.2, 0.25) is 0 Å². The van der Waals surface area contributed by atoms with Crippen LogP contribution < -0.4 is 0 Å². The summed E-state index contributed by atoms with van der Waals surface area (Å²) < 4.78 is 34.4. The topological polar surface area (TPSA) is 18.5 Å². The zero-order chi connectivity index (χ0) is 17.0. The summed E-state index contributed by atoms with van der Waals surface area (Å²) in [6.07, 6.45) is -2.45. The molecule has 1 heterocycles. The first-order chi connectivity index (χ1) is 11.6. The lowest BCUT2D eigenvalue weighted by atomic mass is 9.99. The van der Waals surface area contributed by atoms with Crippen molar-refractivity contribution in [1.29, 1.82) is 0 Å². The van der Waals surface area contributed by atoms with Crippen LogP contribution in [-0.4, -0.2) is 19.5 Å². The minimum Gasteiger partial charge on any atom is -0.295 e. The van der Waals surface area contributed by atoms with Gasteiger partial charge in [-0.1, -0.05) is 43.0 Å². The zero-order valence-corrected chi connectivity index (χ0v) is 13.4. The predicted molar refractivity (Wildman–Crippen MR) is 87.8 cm³/mol. The fraction of sp³-hybridized carbons (Fsp3) is 0.300. The second-order valence-corrected chi connectivity index (χ2v) is 5.70. The second-order valence-electron chi connectivity index (χ2n) is 5.70. The molecule has 124 valence electrons. The van der Waals surface area contributed by atoms with Crippen molar-refractivity contribution in [1.82, 2.24) is 0 Å². The van der Waals surface area contributed by atoms with E-state index in [0.29, 0.717) is 0 Å². The van der Waals surface area contributed by atoms with Gasteiger partial charge < -0.3 is 0 Å². The van der Waals surface area contributed by atoms with Gasteiger partial charge in [-0.3, -0.25) is 9.47 Å². The van der Waals surface area contributed by atoms with Crippen LogP contribution in [0.5, 0.6) is 0 Å². The predicted octanol–water partition coefficient (Wildman–Crippen LogP) is 4.33. The average Bonchev–Trinajstić information content (AvgIpc) is 2.61. The highest BCUT2D eigenvalue weighted by molar-refractivity contribution is 5.44. The molecular weight excluding hydrogens is 310 g/mol. The van der Waals surface area contributed by atoms with E-state index in [-0.39, 0.29) is 19.1 Å². The highest BCUT2D eigenvalue weighted by atomic mass is 19.3. The summed E-state index contributed by atoms with van der Waals surface area (Å²) in [6, 6.07) is 15.7. The Hall–Kier alpha value is -2.22. The van der Waals surface area contributed by atoms with Crippen LogP contribution in [0.4, 0.5) is 8.78 Å². The Bertz CT molecular complexity index is 730. The first-order valence-corrected chi connectivity index (χ1v) is 7.92. The fourth-order valence-electron chi connectivity index (χ4n) is 2.48. The molecule has 2 aromatic carbocycles. The van der Waals surface area contributed by atoms with Gasteiger partial charge >= 0.3 is 6.29 Å². The van der Waals surface area contributed by atoms with Gasteiger partial charge in [-0.2, -0.15) is 0 Å². The second kappa shape index (κ2) is 7.12. The van der Waals surface area contributed by atoms with Crippen molar-refractivity contribution in [2.75, 3.05) is 13.2 Å². The molecule has 0 amide bonds. The minimum atomic E-state index is -3.46. The number of ether oxygens (including phenoxy) is 2. The highest BCUT2D eigenvalue weighted by Gasteiger charge is 2.38. The molecule has 1 aliphatic rings. The van der Waals surface area contributed by atoms with Gasteiger partial charge in [-0.15, -0.1) is 8.78 Å². The molecule has 1 aliphatic heterocycles. The molecule has 1 fully saturated rings. The molecule has 0 atom stereocenters. The van der Waals surface area contributed by atoms with Crippen molar-refractivity contribution < 1.29 is 18.3 Å². The monoisotopic (exact) mass is 328 g/mol. The van der Waals surface area contributed by atoms with Crippen LogP contribution in [0, 0.1) is 11.8 Å². The number of benzene rings is 2. The number of hydrogen-bond donors (Lipinski definition) is 0. The highest BCUT2D eigenvalue weighted by Crippen LogP contribution is 2.29. The van der Waals surface area contributed by atoms with Gasteiger partial charge in [-0.25, -0.2) is 0 Å². The molecular formula is C20H18F2O2. The number of aryl methyl sites for hydroxylation is 1. The van der Waals surface area contributed by atoms with Gasteiger partial charge in [0.1, 0.15) is 0 Å². The lowest BCUT2D eigenvalue weighted by Gasteiger charge is -2.28. The van der Waals surface area contributed by atoms with E-state index in [2.05, 4.69) is 40.4 Å². The van der Waals surface area contributed by atoms with E-state index in [1.807, 2.05) is 36.4 Å². The molecule has 0 unspecified atom stereocenters. The molecule has 4 heteroatoms. The molecule has 0 bridgehead atoms. The first kappa shape index (κ1) is 16.6. The van der Waals surface area contributed by atoms with Crippen LogP contribution in [0.25, 0.3) is 0 Å². The minimum absolute atomic E-state index is 0.0538. The maximum absolute atomic E-state index is 12.8. The van der Waals surface area contributed by atoms with Crippen LogP contribution >= 0.6 is 0 Å². The summed E-state index contributed by atoms with van der Waals surface area (Å²) in [5.41, 5.74) is 4.03. The number of alkyl halides is 2. The quantitative estimate of drug-likeness (QED) is 0.764. The molecule has 0 aliphatic carbocycles. The summed E-state index contributed by atoms with van der Waals surface area (Å²) in [4.78, 5) is 0. The lowest BCUT2D eigenvalue weighted by molar-refractivity contribution is -0.414. The standard InChI is InChI=1S/C20H18F2O2/c1-2-15-3-5-16(6-4-15)7-8-17-9-11-18(12-10-17)19-13-23-20(21,22)24-14-19/h3-6,9-12,19H,2,13-14H2,1H3. The molecule has 0 aromatic heterocycles.